The third-order valence-corrected chi connectivity index (χ3v) is 11.1. The lowest BCUT2D eigenvalue weighted by atomic mass is 9.83. The van der Waals surface area contributed by atoms with Crippen LogP contribution in [0.3, 0.4) is 0 Å². The van der Waals surface area contributed by atoms with Gasteiger partial charge in [-0.2, -0.15) is 0 Å². The number of carboxylic acids is 1. The van der Waals surface area contributed by atoms with E-state index in [0.717, 1.165) is 75.7 Å². The van der Waals surface area contributed by atoms with Crippen molar-refractivity contribution in [3.05, 3.63) is 38.7 Å². The van der Waals surface area contributed by atoms with Crippen LogP contribution in [-0.2, 0) is 4.74 Å². The van der Waals surface area contributed by atoms with Crippen molar-refractivity contribution in [1.29, 1.82) is 0 Å². The van der Waals surface area contributed by atoms with Crippen molar-refractivity contribution in [2.45, 2.75) is 45.6 Å². The van der Waals surface area contributed by atoms with Gasteiger partial charge >= 0.3 is 5.97 Å². The molecule has 3 aliphatic rings. The summed E-state index contributed by atoms with van der Waals surface area (Å²) in [6, 6.07) is 0. The number of hydrogen-bond acceptors (Lipinski definition) is 10. The smallest absolute Gasteiger partial charge is 0.348 e. The number of halogens is 2. The summed E-state index contributed by atoms with van der Waals surface area (Å²) in [6.07, 6.45) is 7.11. The summed E-state index contributed by atoms with van der Waals surface area (Å²) in [7, 11) is 0. The van der Waals surface area contributed by atoms with Crippen molar-refractivity contribution in [3.8, 4) is 11.4 Å². The fourth-order valence-corrected chi connectivity index (χ4v) is 7.77. The second-order valence-corrected chi connectivity index (χ2v) is 13.7. The molecular weight excluding hydrogens is 625 g/mol. The van der Waals surface area contributed by atoms with Crippen molar-refractivity contribution in [3.63, 3.8) is 0 Å². The summed E-state index contributed by atoms with van der Waals surface area (Å²) in [5, 5.41) is 11.3. The molecular formula is C30H37Cl2N7O4S. The van der Waals surface area contributed by atoms with E-state index in [-0.39, 0.29) is 27.5 Å². The number of carbonyl (C=O) groups is 2. The third kappa shape index (κ3) is 6.60. The molecule has 0 radical (unpaired) electrons. The predicted octanol–water partition coefficient (Wildman–Crippen LogP) is 5.28. The Morgan fingerprint density at radius 2 is 1.89 bits per heavy atom. The monoisotopic (exact) mass is 661 g/mol. The number of rotatable bonds is 9. The van der Waals surface area contributed by atoms with E-state index in [9.17, 15) is 14.7 Å². The number of thiazole rings is 1. The molecule has 14 heteroatoms. The van der Waals surface area contributed by atoms with Gasteiger partial charge in [0.1, 0.15) is 27.8 Å². The van der Waals surface area contributed by atoms with Crippen LogP contribution < -0.4 is 9.80 Å². The van der Waals surface area contributed by atoms with Gasteiger partial charge in [-0.15, -0.1) is 0 Å². The number of Topliss-reactive ketones (excluding diaryl/α,β-unsaturated/α-hetero) is 1. The Balaban J connectivity index is 1.09. The Labute approximate surface area is 270 Å². The molecule has 3 saturated heterocycles. The van der Waals surface area contributed by atoms with Gasteiger partial charge in [-0.25, -0.2) is 19.7 Å². The lowest BCUT2D eigenvalue weighted by Crippen LogP contribution is -2.48. The number of nitrogens with zero attached hydrogens (tertiary/aromatic N) is 6. The first kappa shape index (κ1) is 31.2. The van der Waals surface area contributed by atoms with E-state index in [2.05, 4.69) is 36.6 Å². The number of aryl methyl sites for hydroxylation is 1. The molecule has 236 valence electrons. The fraction of sp³-hybridized carbons (Fsp3) is 0.567. The van der Waals surface area contributed by atoms with Gasteiger partial charge in [-0.3, -0.25) is 9.69 Å². The minimum atomic E-state index is -1.04. The van der Waals surface area contributed by atoms with E-state index in [1.165, 1.54) is 0 Å². The second-order valence-electron chi connectivity index (χ2n) is 12.0. The molecule has 6 rings (SSSR count). The summed E-state index contributed by atoms with van der Waals surface area (Å²) in [6.45, 7) is 10.7. The highest BCUT2D eigenvalue weighted by Gasteiger charge is 2.32. The van der Waals surface area contributed by atoms with Gasteiger partial charge in [0.25, 0.3) is 0 Å². The van der Waals surface area contributed by atoms with E-state index in [4.69, 9.17) is 32.9 Å². The molecule has 3 aromatic heterocycles. The highest BCUT2D eigenvalue weighted by molar-refractivity contribution is 7.17. The van der Waals surface area contributed by atoms with Crippen LogP contribution in [-0.4, -0.2) is 100 Å². The fourth-order valence-electron chi connectivity index (χ4n) is 6.38. The second kappa shape index (κ2) is 13.3. The van der Waals surface area contributed by atoms with E-state index in [1.54, 1.807) is 19.3 Å². The van der Waals surface area contributed by atoms with E-state index >= 15 is 0 Å². The number of aromatic amines is 1. The first-order valence-corrected chi connectivity index (χ1v) is 16.7. The minimum absolute atomic E-state index is 0.0532. The Hall–Kier alpha value is -2.77. The average molecular weight is 663 g/mol. The number of ketones is 1. The molecule has 11 nitrogen and oxygen atoms in total. The van der Waals surface area contributed by atoms with Crippen molar-refractivity contribution >= 4 is 57.2 Å². The van der Waals surface area contributed by atoms with Gasteiger partial charge in [0.15, 0.2) is 10.9 Å². The molecule has 3 atom stereocenters. The molecule has 0 amide bonds. The Morgan fingerprint density at radius 1 is 1.09 bits per heavy atom. The average Bonchev–Trinajstić information content (AvgIpc) is 3.76. The van der Waals surface area contributed by atoms with E-state index in [1.807, 2.05) is 0 Å². The maximum absolute atomic E-state index is 13.0. The molecule has 0 saturated carbocycles. The lowest BCUT2D eigenvalue weighted by Gasteiger charge is -2.36. The van der Waals surface area contributed by atoms with Crippen LogP contribution in [0, 0.1) is 18.8 Å². The molecule has 3 aromatic rings. The summed E-state index contributed by atoms with van der Waals surface area (Å²) in [5.41, 5.74) is 1.82. The van der Waals surface area contributed by atoms with Gasteiger partial charge in [-0.05, 0) is 38.0 Å². The molecule has 0 spiro atoms. The summed E-state index contributed by atoms with van der Waals surface area (Å²) < 4.78 is 5.79. The van der Waals surface area contributed by atoms with Crippen LogP contribution in [0.25, 0.3) is 11.4 Å². The Bertz CT molecular complexity index is 1500. The van der Waals surface area contributed by atoms with Crippen molar-refractivity contribution in [2.24, 2.45) is 11.8 Å². The zero-order valence-corrected chi connectivity index (χ0v) is 27.2. The van der Waals surface area contributed by atoms with Gasteiger partial charge in [0.2, 0.25) is 0 Å². The van der Waals surface area contributed by atoms with Crippen LogP contribution in [0.15, 0.2) is 12.4 Å². The number of ether oxygens (including phenoxy) is 1. The zero-order chi connectivity index (χ0) is 31.0. The highest BCUT2D eigenvalue weighted by atomic mass is 35.5. The Kier molecular flexibility index (Phi) is 9.44. The number of aromatic carboxylic acids is 1. The molecule has 0 bridgehead atoms. The van der Waals surface area contributed by atoms with Crippen molar-refractivity contribution < 1.29 is 19.4 Å². The predicted molar refractivity (Wildman–Crippen MR) is 172 cm³/mol. The van der Waals surface area contributed by atoms with Gasteiger partial charge in [-0.1, -0.05) is 41.5 Å². The van der Waals surface area contributed by atoms with Crippen LogP contribution in [0.4, 0.5) is 10.9 Å². The molecule has 1 unspecified atom stereocenters. The molecule has 0 aliphatic carbocycles. The van der Waals surface area contributed by atoms with Crippen molar-refractivity contribution in [2.75, 3.05) is 62.2 Å². The number of aromatic nitrogens is 4. The molecule has 6 heterocycles. The van der Waals surface area contributed by atoms with Crippen LogP contribution in [0.1, 0.15) is 58.5 Å². The zero-order valence-electron chi connectivity index (χ0n) is 24.9. The third-order valence-electron chi connectivity index (χ3n) is 9.01. The number of hydrogen-bond donors (Lipinski definition) is 2. The first-order chi connectivity index (χ1) is 21.2. The summed E-state index contributed by atoms with van der Waals surface area (Å²) in [5.74, 6) is 0.0296. The summed E-state index contributed by atoms with van der Waals surface area (Å²) >= 11 is 13.6. The minimum Gasteiger partial charge on any atom is -0.477 e. The standard InChI is InChI=1S/C30H37Cl2N7O4S/c1-17-15-39(6-5-19(17)12-22(40)27-25(32)24(31)18(2)35-27)30-36-26(28(44-30)29(41)42)21-13-34-23(14-33-21)38-9-7-37(8-10-38)16-20-4-3-11-43-20/h13-14,17,19-20,35H,3-12,15-16H2,1-2H3,(H,41,42)/t17-,19-,20?/m0/s1. The molecule has 3 aliphatic heterocycles. The Morgan fingerprint density at radius 3 is 2.50 bits per heavy atom. The maximum Gasteiger partial charge on any atom is 0.348 e. The molecule has 0 aromatic carbocycles. The molecule has 3 fully saturated rings. The number of carboxylic acid groups (broad SMARTS) is 1. The van der Waals surface area contributed by atoms with Crippen LogP contribution in [0.5, 0.6) is 0 Å². The normalized spacial score (nSPS) is 23.0. The highest BCUT2D eigenvalue weighted by Crippen LogP contribution is 2.37. The maximum atomic E-state index is 13.0. The lowest BCUT2D eigenvalue weighted by molar-refractivity contribution is 0.0701. The number of nitrogens with one attached hydrogen (secondary N) is 1. The SMILES string of the molecule is Cc1[nH]c(C(=O)C[C@@H]2CCN(c3nc(-c4cnc(N5CCN(CC6CCCO6)CC5)cn4)c(C(=O)O)s3)C[C@@H]2C)c(Cl)c1Cl. The van der Waals surface area contributed by atoms with Crippen molar-refractivity contribution in [1.82, 2.24) is 24.8 Å². The van der Waals surface area contributed by atoms with Gasteiger partial charge < -0.3 is 24.6 Å². The molecule has 44 heavy (non-hydrogen) atoms. The number of carbonyl (C=O) groups excluding carboxylic acids is 1. The van der Waals surface area contributed by atoms with Gasteiger partial charge in [0, 0.05) is 64.5 Å². The number of anilines is 2. The summed E-state index contributed by atoms with van der Waals surface area (Å²) in [4.78, 5) is 49.1. The molecule has 2 N–H and O–H groups in total. The van der Waals surface area contributed by atoms with Crippen LogP contribution in [0.2, 0.25) is 10.0 Å². The number of H-pyrrole nitrogens is 1. The van der Waals surface area contributed by atoms with Gasteiger partial charge in [0.05, 0.1) is 28.5 Å². The quantitative estimate of drug-likeness (QED) is 0.292. The first-order valence-electron chi connectivity index (χ1n) is 15.1. The number of piperazine rings is 1. The van der Waals surface area contributed by atoms with E-state index < -0.39 is 5.97 Å². The van der Waals surface area contributed by atoms with Crippen LogP contribution >= 0.6 is 34.5 Å². The number of piperidine rings is 1. The largest absolute Gasteiger partial charge is 0.477 e. The van der Waals surface area contributed by atoms with E-state index in [0.29, 0.717) is 58.5 Å². The topological polar surface area (TPSA) is 128 Å².